The lowest BCUT2D eigenvalue weighted by Gasteiger charge is -2.52. The summed E-state index contributed by atoms with van der Waals surface area (Å²) in [5.41, 5.74) is 9.04. The number of hydrogen-bond acceptors (Lipinski definition) is 10. The van der Waals surface area contributed by atoms with Gasteiger partial charge in [-0.15, -0.1) is 0 Å². The average Bonchev–Trinajstić information content (AvgIpc) is 3.65. The summed E-state index contributed by atoms with van der Waals surface area (Å²) < 4.78 is 19.3. The van der Waals surface area contributed by atoms with Gasteiger partial charge in [0.2, 0.25) is 24.2 Å². The van der Waals surface area contributed by atoms with Crippen LogP contribution in [0.2, 0.25) is 0 Å². The van der Waals surface area contributed by atoms with E-state index in [2.05, 4.69) is 25.9 Å². The molecule has 0 saturated carbocycles. The predicted molar refractivity (Wildman–Crippen MR) is 198 cm³/mol. The lowest BCUT2D eigenvalue weighted by atomic mass is 10.1. The van der Waals surface area contributed by atoms with Crippen LogP contribution in [-0.4, -0.2) is 84.1 Å². The number of fused-ring (bicyclic) bond motifs is 2. The molecule has 2 fully saturated rings. The highest BCUT2D eigenvalue weighted by atomic mass is 19.1. The lowest BCUT2D eigenvalue weighted by molar-refractivity contribution is -0.201. The summed E-state index contributed by atoms with van der Waals surface area (Å²) in [4.78, 5) is 47.2. The predicted octanol–water partition coefficient (Wildman–Crippen LogP) is 4.66. The van der Waals surface area contributed by atoms with Gasteiger partial charge in [-0.2, -0.15) is 4.39 Å². The first kappa shape index (κ1) is 37.3. The second-order valence-corrected chi connectivity index (χ2v) is 12.7. The molecule has 3 aromatic heterocycles. The molecule has 54 heavy (non-hydrogen) atoms. The van der Waals surface area contributed by atoms with Crippen LogP contribution in [0.1, 0.15) is 22.5 Å². The number of hydrazine groups is 1. The van der Waals surface area contributed by atoms with Crippen molar-refractivity contribution >= 4 is 29.1 Å². The van der Waals surface area contributed by atoms with Crippen molar-refractivity contribution in [2.45, 2.75) is 32.7 Å². The number of aryl methyl sites for hydroxylation is 1. The van der Waals surface area contributed by atoms with Gasteiger partial charge in [0.25, 0.3) is 0 Å². The van der Waals surface area contributed by atoms with Gasteiger partial charge >= 0.3 is 0 Å². The molecule has 2 aliphatic rings. The van der Waals surface area contributed by atoms with Gasteiger partial charge in [0.05, 0.1) is 30.8 Å². The topological polar surface area (TPSA) is 162 Å². The van der Waals surface area contributed by atoms with E-state index in [0.29, 0.717) is 42.5 Å². The number of aromatic nitrogens is 3. The molecule has 8 rings (SSSR count). The molecule has 3 N–H and O–H groups in total. The number of carbonyl (C=O) groups excluding carboxylic acids is 3. The number of piperazine rings is 1. The average molecular weight is 731 g/mol. The van der Waals surface area contributed by atoms with Crippen molar-refractivity contribution in [1.29, 1.82) is 0 Å². The number of rotatable bonds is 7. The first-order valence-corrected chi connectivity index (χ1v) is 17.2. The Kier molecular flexibility index (Phi) is 12.0. The van der Waals surface area contributed by atoms with Crippen LogP contribution in [0.25, 0.3) is 22.3 Å². The fourth-order valence-corrected chi connectivity index (χ4v) is 6.35. The Hall–Kier alpha value is -6.51. The van der Waals surface area contributed by atoms with Crippen LogP contribution in [0.3, 0.4) is 0 Å². The molecule has 3 amide bonds. The quantitative estimate of drug-likeness (QED) is 0.175. The molecule has 276 valence electrons. The number of benzene rings is 3. The number of halogens is 1. The van der Waals surface area contributed by atoms with Gasteiger partial charge in [-0.3, -0.25) is 19.4 Å². The molecule has 2 saturated heterocycles. The molecular weight excluding hydrogens is 691 g/mol. The molecule has 13 nitrogen and oxygen atoms in total. The van der Waals surface area contributed by atoms with Crippen LogP contribution < -0.4 is 5.73 Å². The molecule has 0 aliphatic carbocycles. The van der Waals surface area contributed by atoms with E-state index < -0.39 is 5.95 Å². The number of carbonyl (C=O) groups is 3. The first-order chi connectivity index (χ1) is 26.2. The molecule has 2 aliphatic heterocycles. The second kappa shape index (κ2) is 17.3. The summed E-state index contributed by atoms with van der Waals surface area (Å²) in [5.74, 6) is 0.00113. The zero-order valence-electron chi connectivity index (χ0n) is 29.5. The third-order valence-corrected chi connectivity index (χ3v) is 8.94. The minimum absolute atomic E-state index is 0.00332. The largest absolute Gasteiger partial charge is 0.508 e. The molecule has 0 radical (unpaired) electrons. The van der Waals surface area contributed by atoms with Gasteiger partial charge in [-0.1, -0.05) is 77.5 Å². The minimum Gasteiger partial charge on any atom is -0.508 e. The molecule has 1 atom stereocenters. The number of nitrogens with two attached hydrogens (primary N) is 1. The van der Waals surface area contributed by atoms with Crippen LogP contribution in [0, 0.1) is 12.9 Å². The van der Waals surface area contributed by atoms with Gasteiger partial charge in [0.15, 0.2) is 5.76 Å². The van der Waals surface area contributed by atoms with Crippen LogP contribution in [0.5, 0.6) is 5.75 Å². The normalized spacial score (nSPS) is 15.9. The smallest absolute Gasteiger partial charge is 0.242 e. The SMILES string of the molecule is Cc1ccc(O)cc1.NC=O.O=C1CN2C(=O)CN(Cc3cc(-c4cccc(F)n4)no3)N(Cc3ccccc3)C2CN1Cc1cccc2ncccc12. The van der Waals surface area contributed by atoms with E-state index in [4.69, 9.17) is 14.4 Å². The molecule has 14 heteroatoms. The van der Waals surface area contributed by atoms with E-state index >= 15 is 0 Å². The number of hydrogen-bond donors (Lipinski definition) is 2. The van der Waals surface area contributed by atoms with Crippen LogP contribution in [0.15, 0.2) is 120 Å². The second-order valence-electron chi connectivity index (χ2n) is 12.7. The van der Waals surface area contributed by atoms with E-state index in [-0.39, 0.29) is 44.0 Å². The van der Waals surface area contributed by atoms with Gasteiger partial charge in [-0.25, -0.2) is 15.0 Å². The van der Waals surface area contributed by atoms with Crippen molar-refractivity contribution in [2.24, 2.45) is 5.73 Å². The summed E-state index contributed by atoms with van der Waals surface area (Å²) in [6, 6.07) is 33.1. The standard InChI is InChI=1S/C32H28FN7O3.C7H8O.CH3NO/c33-29-13-5-12-27(35-29)28-15-24(43-36-28)18-38-20-32(42)39-21-31(41)37(17-23-9-4-11-26-25(23)10-6-14-34-26)19-30(39)40(38)16-22-7-2-1-3-8-22;1-6-2-4-7(8)5-3-6;2-1-3/h1-15,30H,16-21H2;2-5,8H,1H3;1H,(H2,2,3). The fraction of sp³-hybridized carbons (Fsp3) is 0.200. The summed E-state index contributed by atoms with van der Waals surface area (Å²) in [7, 11) is 0. The van der Waals surface area contributed by atoms with E-state index in [1.807, 2.05) is 89.6 Å². The Labute approximate surface area is 311 Å². The third-order valence-electron chi connectivity index (χ3n) is 8.94. The van der Waals surface area contributed by atoms with Gasteiger partial charge in [0, 0.05) is 30.7 Å². The third kappa shape index (κ3) is 9.10. The van der Waals surface area contributed by atoms with Crippen molar-refractivity contribution in [3.8, 4) is 17.1 Å². The Morgan fingerprint density at radius 1 is 0.870 bits per heavy atom. The summed E-state index contributed by atoms with van der Waals surface area (Å²) in [5, 5.41) is 17.9. The highest BCUT2D eigenvalue weighted by Gasteiger charge is 2.44. The Bertz CT molecular complexity index is 2170. The number of pyridine rings is 2. The molecule has 0 spiro atoms. The van der Waals surface area contributed by atoms with Gasteiger partial charge < -0.3 is 25.2 Å². The summed E-state index contributed by atoms with van der Waals surface area (Å²) in [6.45, 7) is 3.57. The molecule has 3 aromatic carbocycles. The maximum absolute atomic E-state index is 13.7. The van der Waals surface area contributed by atoms with Crippen LogP contribution in [-0.2, 0) is 34.0 Å². The molecule has 5 heterocycles. The molecule has 0 bridgehead atoms. The van der Waals surface area contributed by atoms with Gasteiger partial charge in [-0.05, 0) is 54.4 Å². The lowest BCUT2D eigenvalue weighted by Crippen LogP contribution is -2.71. The number of amides is 3. The van der Waals surface area contributed by atoms with Crippen molar-refractivity contribution in [2.75, 3.05) is 19.6 Å². The van der Waals surface area contributed by atoms with Crippen molar-refractivity contribution in [1.82, 2.24) is 34.9 Å². The monoisotopic (exact) mass is 730 g/mol. The van der Waals surface area contributed by atoms with Crippen molar-refractivity contribution in [3.63, 3.8) is 0 Å². The van der Waals surface area contributed by atoms with Crippen molar-refractivity contribution in [3.05, 3.63) is 144 Å². The number of nitrogens with zero attached hydrogens (tertiary/aromatic N) is 7. The summed E-state index contributed by atoms with van der Waals surface area (Å²) >= 11 is 0. The zero-order chi connectivity index (χ0) is 38.0. The van der Waals surface area contributed by atoms with Crippen LogP contribution in [0.4, 0.5) is 4.39 Å². The number of phenolic OH excluding ortho intramolecular Hbond substituents is 1. The number of aromatic hydroxyl groups is 1. The van der Waals surface area contributed by atoms with E-state index in [0.717, 1.165) is 22.0 Å². The minimum atomic E-state index is -0.603. The Morgan fingerprint density at radius 3 is 2.37 bits per heavy atom. The number of phenols is 1. The van der Waals surface area contributed by atoms with E-state index in [1.165, 1.54) is 11.6 Å². The molecule has 1 unspecified atom stereocenters. The zero-order valence-corrected chi connectivity index (χ0v) is 29.5. The Balaban J connectivity index is 0.000000393. The van der Waals surface area contributed by atoms with Gasteiger partial charge in [0.1, 0.15) is 24.2 Å². The maximum Gasteiger partial charge on any atom is 0.242 e. The first-order valence-electron chi connectivity index (χ1n) is 17.2. The molecular formula is C40H39FN8O5. The maximum atomic E-state index is 13.7. The highest BCUT2D eigenvalue weighted by molar-refractivity contribution is 5.88. The summed E-state index contributed by atoms with van der Waals surface area (Å²) in [6.07, 6.45) is 1.62. The highest BCUT2D eigenvalue weighted by Crippen LogP contribution is 2.28. The van der Waals surface area contributed by atoms with E-state index in [9.17, 15) is 14.0 Å². The molecule has 6 aromatic rings. The van der Waals surface area contributed by atoms with Crippen molar-refractivity contribution < 1.29 is 28.4 Å². The van der Waals surface area contributed by atoms with Crippen LogP contribution >= 0.6 is 0 Å². The Morgan fingerprint density at radius 2 is 1.63 bits per heavy atom. The van der Waals surface area contributed by atoms with E-state index in [1.54, 1.807) is 41.4 Å². The number of primary amides is 1. The fourth-order valence-electron chi connectivity index (χ4n) is 6.35.